The van der Waals surface area contributed by atoms with Gasteiger partial charge in [0.25, 0.3) is 0 Å². The molecule has 1 unspecified atom stereocenters. The molecule has 1 saturated carbocycles. The van der Waals surface area contributed by atoms with E-state index in [1.807, 2.05) is 6.26 Å². The molecule has 0 radical (unpaired) electrons. The quantitative estimate of drug-likeness (QED) is 0.627. The smallest absolute Gasteiger partial charge is 0.326 e. The number of aliphatic carboxylic acids is 1. The van der Waals surface area contributed by atoms with Gasteiger partial charge in [0.15, 0.2) is 0 Å². The second-order valence-corrected chi connectivity index (χ2v) is 5.83. The van der Waals surface area contributed by atoms with Crippen molar-refractivity contribution in [3.05, 3.63) is 0 Å². The predicted octanol–water partition coefficient (Wildman–Crippen LogP) is 1.54. The standard InChI is InChI=1S/C12H22N2O3S/c1-8(9-3-4-9)7-13-12(17)14-10(11(15)16)5-6-18-2/h8-10H,3-7H2,1-2H3,(H,15,16)(H2,13,14,17)/t8?,10-/m0/s1. The van der Waals surface area contributed by atoms with Crippen LogP contribution in [0.2, 0.25) is 0 Å². The van der Waals surface area contributed by atoms with Gasteiger partial charge in [0, 0.05) is 6.54 Å². The number of thioether (sulfide) groups is 1. The Morgan fingerprint density at radius 3 is 2.61 bits per heavy atom. The molecule has 0 aliphatic heterocycles. The number of rotatable bonds is 8. The lowest BCUT2D eigenvalue weighted by Crippen LogP contribution is -2.47. The van der Waals surface area contributed by atoms with Crippen LogP contribution in [-0.2, 0) is 4.79 Å². The zero-order valence-corrected chi connectivity index (χ0v) is 11.8. The van der Waals surface area contributed by atoms with E-state index in [0.29, 0.717) is 18.9 Å². The predicted molar refractivity (Wildman–Crippen MR) is 72.8 cm³/mol. The number of carbonyl (C=O) groups is 2. The number of nitrogens with one attached hydrogen (secondary N) is 2. The molecule has 0 aromatic carbocycles. The van der Waals surface area contributed by atoms with E-state index in [1.165, 1.54) is 12.8 Å². The molecule has 0 bridgehead atoms. The van der Waals surface area contributed by atoms with Crippen LogP contribution in [0.5, 0.6) is 0 Å². The summed E-state index contributed by atoms with van der Waals surface area (Å²) in [5, 5.41) is 14.2. The molecule has 1 fully saturated rings. The Kier molecular flexibility index (Phi) is 6.32. The molecule has 6 heteroatoms. The fraction of sp³-hybridized carbons (Fsp3) is 0.833. The second-order valence-electron chi connectivity index (χ2n) is 4.84. The molecule has 1 rings (SSSR count). The first-order chi connectivity index (χ1) is 8.54. The minimum atomic E-state index is -0.977. The van der Waals surface area contributed by atoms with Gasteiger partial charge in [-0.15, -0.1) is 0 Å². The molecular formula is C12H22N2O3S. The Morgan fingerprint density at radius 1 is 1.44 bits per heavy atom. The van der Waals surface area contributed by atoms with Gasteiger partial charge >= 0.3 is 12.0 Å². The topological polar surface area (TPSA) is 78.4 Å². The lowest BCUT2D eigenvalue weighted by molar-refractivity contribution is -0.139. The maximum Gasteiger partial charge on any atom is 0.326 e. The van der Waals surface area contributed by atoms with Crippen molar-refractivity contribution < 1.29 is 14.7 Å². The lowest BCUT2D eigenvalue weighted by atomic mass is 10.1. The Morgan fingerprint density at radius 2 is 2.11 bits per heavy atom. The van der Waals surface area contributed by atoms with E-state index in [9.17, 15) is 9.59 Å². The van der Waals surface area contributed by atoms with Crippen LogP contribution >= 0.6 is 11.8 Å². The van der Waals surface area contributed by atoms with E-state index in [0.717, 1.165) is 11.7 Å². The van der Waals surface area contributed by atoms with Gasteiger partial charge in [0.05, 0.1) is 0 Å². The number of carboxylic acid groups (broad SMARTS) is 1. The van der Waals surface area contributed by atoms with E-state index in [1.54, 1.807) is 11.8 Å². The highest BCUT2D eigenvalue weighted by atomic mass is 32.2. The van der Waals surface area contributed by atoms with Crippen LogP contribution < -0.4 is 10.6 Å². The maximum absolute atomic E-state index is 11.6. The van der Waals surface area contributed by atoms with Crippen LogP contribution in [0.1, 0.15) is 26.2 Å². The summed E-state index contributed by atoms with van der Waals surface area (Å²) in [6, 6.07) is -1.18. The van der Waals surface area contributed by atoms with Crippen LogP contribution in [0.25, 0.3) is 0 Å². The number of carbonyl (C=O) groups excluding carboxylic acids is 1. The molecule has 0 spiro atoms. The van der Waals surface area contributed by atoms with Crippen molar-refractivity contribution in [2.45, 2.75) is 32.2 Å². The normalized spacial score (nSPS) is 17.9. The van der Waals surface area contributed by atoms with Crippen molar-refractivity contribution in [3.8, 4) is 0 Å². The van der Waals surface area contributed by atoms with Crippen molar-refractivity contribution in [2.24, 2.45) is 11.8 Å². The third kappa shape index (κ3) is 5.62. The SMILES string of the molecule is CSCC[C@H](NC(=O)NCC(C)C1CC1)C(=O)O. The minimum Gasteiger partial charge on any atom is -0.480 e. The molecule has 0 saturated heterocycles. The molecule has 3 N–H and O–H groups in total. The van der Waals surface area contributed by atoms with Gasteiger partial charge in [-0.05, 0) is 43.1 Å². The molecule has 5 nitrogen and oxygen atoms in total. The highest BCUT2D eigenvalue weighted by molar-refractivity contribution is 7.98. The molecule has 2 amide bonds. The minimum absolute atomic E-state index is 0.379. The molecule has 0 aromatic rings. The Bertz CT molecular complexity index is 295. The summed E-state index contributed by atoms with van der Waals surface area (Å²) in [5.74, 6) is 0.951. The fourth-order valence-corrected chi connectivity index (χ4v) is 2.26. The number of urea groups is 1. The zero-order valence-electron chi connectivity index (χ0n) is 10.9. The Hall–Kier alpha value is -0.910. The summed E-state index contributed by atoms with van der Waals surface area (Å²) in [7, 11) is 0. The third-order valence-corrected chi connectivity index (χ3v) is 3.87. The number of hydrogen-bond acceptors (Lipinski definition) is 3. The van der Waals surface area contributed by atoms with Crippen LogP contribution in [-0.4, -0.2) is 41.7 Å². The molecule has 1 aliphatic rings. The summed E-state index contributed by atoms with van der Waals surface area (Å²) >= 11 is 1.57. The number of amides is 2. The summed E-state index contributed by atoms with van der Waals surface area (Å²) in [6.45, 7) is 2.73. The second kappa shape index (κ2) is 7.51. The van der Waals surface area contributed by atoms with E-state index in [2.05, 4.69) is 17.6 Å². The van der Waals surface area contributed by atoms with E-state index < -0.39 is 12.0 Å². The van der Waals surface area contributed by atoms with Crippen LogP contribution in [0.4, 0.5) is 4.79 Å². The molecule has 18 heavy (non-hydrogen) atoms. The van der Waals surface area contributed by atoms with Gasteiger partial charge < -0.3 is 15.7 Å². The third-order valence-electron chi connectivity index (χ3n) is 3.23. The van der Waals surface area contributed by atoms with Crippen LogP contribution in [0, 0.1) is 11.8 Å². The van der Waals surface area contributed by atoms with Crippen molar-refractivity contribution in [3.63, 3.8) is 0 Å². The monoisotopic (exact) mass is 274 g/mol. The maximum atomic E-state index is 11.6. The van der Waals surface area contributed by atoms with Gasteiger partial charge in [0.1, 0.15) is 6.04 Å². The molecule has 0 heterocycles. The average molecular weight is 274 g/mol. The Labute approximate surface area is 112 Å². The first-order valence-corrected chi connectivity index (χ1v) is 7.70. The van der Waals surface area contributed by atoms with Gasteiger partial charge in [-0.2, -0.15) is 11.8 Å². The molecule has 1 aliphatic carbocycles. The van der Waals surface area contributed by atoms with Crippen LogP contribution in [0.15, 0.2) is 0 Å². The van der Waals surface area contributed by atoms with Crippen molar-refractivity contribution in [2.75, 3.05) is 18.6 Å². The molecule has 0 aromatic heterocycles. The number of carboxylic acids is 1. The van der Waals surface area contributed by atoms with Gasteiger partial charge in [-0.25, -0.2) is 9.59 Å². The average Bonchev–Trinajstić information content (AvgIpc) is 3.15. The van der Waals surface area contributed by atoms with Crippen LogP contribution in [0.3, 0.4) is 0 Å². The van der Waals surface area contributed by atoms with Crippen molar-refractivity contribution in [1.29, 1.82) is 0 Å². The number of hydrogen-bond donors (Lipinski definition) is 3. The first kappa shape index (κ1) is 15.1. The van der Waals surface area contributed by atoms with Gasteiger partial charge in [-0.3, -0.25) is 0 Å². The van der Waals surface area contributed by atoms with Crippen molar-refractivity contribution >= 4 is 23.8 Å². The van der Waals surface area contributed by atoms with E-state index in [4.69, 9.17) is 5.11 Å². The summed E-state index contributed by atoms with van der Waals surface area (Å²) in [6.07, 6.45) is 4.85. The summed E-state index contributed by atoms with van der Waals surface area (Å²) in [5.41, 5.74) is 0. The summed E-state index contributed by atoms with van der Waals surface area (Å²) < 4.78 is 0. The molecule has 104 valence electrons. The highest BCUT2D eigenvalue weighted by Gasteiger charge is 2.28. The zero-order chi connectivity index (χ0) is 13.5. The van der Waals surface area contributed by atoms with Gasteiger partial charge in [0.2, 0.25) is 0 Å². The van der Waals surface area contributed by atoms with Gasteiger partial charge in [-0.1, -0.05) is 6.92 Å². The highest BCUT2D eigenvalue weighted by Crippen LogP contribution is 2.35. The molecular weight excluding hydrogens is 252 g/mol. The lowest BCUT2D eigenvalue weighted by Gasteiger charge is -2.16. The molecule has 2 atom stereocenters. The Balaban J connectivity index is 2.24. The van der Waals surface area contributed by atoms with E-state index in [-0.39, 0.29) is 6.03 Å². The fourth-order valence-electron chi connectivity index (χ4n) is 1.79. The first-order valence-electron chi connectivity index (χ1n) is 6.30. The van der Waals surface area contributed by atoms with Crippen molar-refractivity contribution in [1.82, 2.24) is 10.6 Å². The van der Waals surface area contributed by atoms with E-state index >= 15 is 0 Å². The largest absolute Gasteiger partial charge is 0.480 e. The summed E-state index contributed by atoms with van der Waals surface area (Å²) in [4.78, 5) is 22.5.